The van der Waals surface area contributed by atoms with Crippen LogP contribution in [0.25, 0.3) is 5.69 Å². The number of anilines is 2. The van der Waals surface area contributed by atoms with Gasteiger partial charge in [-0.1, -0.05) is 29.8 Å². The first-order valence-corrected chi connectivity index (χ1v) is 13.1. The van der Waals surface area contributed by atoms with Crippen molar-refractivity contribution in [1.82, 2.24) is 9.55 Å². The van der Waals surface area contributed by atoms with E-state index in [4.69, 9.17) is 21.1 Å². The summed E-state index contributed by atoms with van der Waals surface area (Å²) in [5.41, 5.74) is 0.836. The summed E-state index contributed by atoms with van der Waals surface area (Å²) in [6, 6.07) is 19.2. The van der Waals surface area contributed by atoms with Crippen LogP contribution >= 0.6 is 11.6 Å². The molecule has 41 heavy (non-hydrogen) atoms. The highest BCUT2D eigenvalue weighted by Gasteiger charge is 2.59. The van der Waals surface area contributed by atoms with Crippen LogP contribution < -0.4 is 20.9 Å². The molecule has 9 nitrogen and oxygen atoms in total. The number of pyridine rings is 2. The zero-order valence-corrected chi connectivity index (χ0v) is 22.7. The van der Waals surface area contributed by atoms with E-state index in [1.807, 2.05) is 24.3 Å². The highest BCUT2D eigenvalue weighted by molar-refractivity contribution is 6.30. The van der Waals surface area contributed by atoms with Crippen molar-refractivity contribution in [1.29, 1.82) is 0 Å². The summed E-state index contributed by atoms with van der Waals surface area (Å²) in [6.07, 6.45) is 2.93. The minimum Gasteiger partial charge on any atom is -0.497 e. The van der Waals surface area contributed by atoms with Crippen LogP contribution in [0.5, 0.6) is 5.75 Å². The lowest BCUT2D eigenvalue weighted by atomic mass is 10.2. The molecule has 0 aliphatic heterocycles. The quantitative estimate of drug-likeness (QED) is 0.283. The topological polar surface area (TPSA) is 112 Å². The molecule has 11 heteroatoms. The second kappa shape index (κ2) is 12.3. The summed E-state index contributed by atoms with van der Waals surface area (Å²) in [5.74, 6) is -2.54. The Morgan fingerprint density at radius 1 is 1.00 bits per heavy atom. The van der Waals surface area contributed by atoms with Gasteiger partial charge in [0.05, 0.1) is 48.6 Å². The van der Waals surface area contributed by atoms with Gasteiger partial charge in [0, 0.05) is 30.4 Å². The summed E-state index contributed by atoms with van der Waals surface area (Å²) in [5, 5.41) is 5.72. The van der Waals surface area contributed by atoms with Gasteiger partial charge in [0.1, 0.15) is 17.4 Å². The molecule has 0 spiro atoms. The summed E-state index contributed by atoms with van der Waals surface area (Å²) in [7, 11) is 1.58. The van der Waals surface area contributed by atoms with E-state index in [-0.39, 0.29) is 24.5 Å². The Morgan fingerprint density at radius 2 is 1.76 bits per heavy atom. The van der Waals surface area contributed by atoms with E-state index in [0.29, 0.717) is 16.5 Å². The van der Waals surface area contributed by atoms with Gasteiger partial charge in [-0.15, -0.1) is 0 Å². The molecule has 0 bridgehead atoms. The van der Waals surface area contributed by atoms with Crippen LogP contribution in [0.1, 0.15) is 5.56 Å². The first kappa shape index (κ1) is 28.0. The molecule has 3 unspecified atom stereocenters. The number of benzene rings is 2. The van der Waals surface area contributed by atoms with Crippen LogP contribution in [0.4, 0.5) is 15.9 Å². The molecule has 210 valence electrons. The van der Waals surface area contributed by atoms with Crippen molar-refractivity contribution in [3.63, 3.8) is 0 Å². The molecule has 5 rings (SSSR count). The van der Waals surface area contributed by atoms with E-state index in [0.717, 1.165) is 17.4 Å². The summed E-state index contributed by atoms with van der Waals surface area (Å²) >= 11 is 5.88. The Labute approximate surface area is 239 Å². The van der Waals surface area contributed by atoms with E-state index in [1.54, 1.807) is 31.4 Å². The Bertz CT molecular complexity index is 1610. The van der Waals surface area contributed by atoms with Crippen molar-refractivity contribution < 1.29 is 23.5 Å². The molecule has 1 saturated carbocycles. The third-order valence-corrected chi connectivity index (χ3v) is 7.03. The monoisotopic (exact) mass is 576 g/mol. The predicted molar refractivity (Wildman–Crippen MR) is 152 cm³/mol. The molecule has 1 aliphatic carbocycles. The van der Waals surface area contributed by atoms with Crippen LogP contribution in [0.3, 0.4) is 0 Å². The van der Waals surface area contributed by atoms with Gasteiger partial charge in [0.2, 0.25) is 11.8 Å². The number of amides is 2. The number of nitrogens with one attached hydrogen (secondary N) is 2. The molecular formula is C30H26ClFN4O5. The summed E-state index contributed by atoms with van der Waals surface area (Å²) in [4.78, 5) is 42.5. The molecule has 4 aromatic rings. The highest BCUT2D eigenvalue weighted by Crippen LogP contribution is 2.48. The molecule has 0 radical (unpaired) electrons. The van der Waals surface area contributed by atoms with Crippen LogP contribution in [0, 0.1) is 23.6 Å². The minimum absolute atomic E-state index is 0.0638. The number of ether oxygens (including phenoxy) is 2. The van der Waals surface area contributed by atoms with Crippen molar-refractivity contribution in [2.24, 2.45) is 17.8 Å². The second-order valence-electron chi connectivity index (χ2n) is 9.49. The van der Waals surface area contributed by atoms with E-state index in [1.165, 1.54) is 35.2 Å². The molecular weight excluding hydrogens is 551 g/mol. The average molecular weight is 577 g/mol. The van der Waals surface area contributed by atoms with Crippen molar-refractivity contribution in [3.05, 3.63) is 112 Å². The van der Waals surface area contributed by atoms with Crippen molar-refractivity contribution in [2.45, 2.75) is 6.61 Å². The number of aromatic nitrogens is 2. The fourth-order valence-electron chi connectivity index (χ4n) is 4.60. The largest absolute Gasteiger partial charge is 0.497 e. The number of hydrogen-bond acceptors (Lipinski definition) is 6. The Kier molecular flexibility index (Phi) is 8.42. The lowest BCUT2D eigenvalue weighted by molar-refractivity contribution is -0.122. The van der Waals surface area contributed by atoms with Gasteiger partial charge in [-0.05, 0) is 48.0 Å². The molecule has 0 saturated heterocycles. The number of carbonyl (C=O) groups excluding carboxylic acids is 2. The number of rotatable bonds is 10. The van der Waals surface area contributed by atoms with Crippen LogP contribution in [-0.4, -0.2) is 35.1 Å². The molecule has 2 amide bonds. The number of carbonyl (C=O) groups is 2. The van der Waals surface area contributed by atoms with Crippen LogP contribution in [0.15, 0.2) is 90.0 Å². The number of methoxy groups -OCH3 is 1. The molecule has 2 aromatic carbocycles. The fraction of sp³-hybridized carbons (Fsp3) is 0.200. The third kappa shape index (κ3) is 6.62. The van der Waals surface area contributed by atoms with Gasteiger partial charge in [0.15, 0.2) is 0 Å². The Hall–Kier alpha value is -4.54. The van der Waals surface area contributed by atoms with Crippen molar-refractivity contribution >= 4 is 34.9 Å². The average Bonchev–Trinajstić information content (AvgIpc) is 3.70. The Morgan fingerprint density at radius 3 is 2.41 bits per heavy atom. The maximum absolute atomic E-state index is 15.0. The molecule has 2 N–H and O–H groups in total. The van der Waals surface area contributed by atoms with Gasteiger partial charge in [-0.25, -0.2) is 9.37 Å². The first-order valence-electron chi connectivity index (χ1n) is 12.8. The smallest absolute Gasteiger partial charge is 0.255 e. The lowest BCUT2D eigenvalue weighted by Crippen LogP contribution is -2.21. The van der Waals surface area contributed by atoms with Gasteiger partial charge in [-0.3, -0.25) is 19.0 Å². The lowest BCUT2D eigenvalue weighted by Gasteiger charge is -2.10. The number of halogens is 2. The second-order valence-corrected chi connectivity index (χ2v) is 9.93. The van der Waals surface area contributed by atoms with Crippen LogP contribution in [-0.2, 0) is 20.9 Å². The van der Waals surface area contributed by atoms with Crippen molar-refractivity contribution in [2.75, 3.05) is 24.4 Å². The summed E-state index contributed by atoms with van der Waals surface area (Å²) in [6.45, 7) is 0.408. The first-order chi connectivity index (χ1) is 19.8. The van der Waals surface area contributed by atoms with Gasteiger partial charge < -0.3 is 20.1 Å². The highest BCUT2D eigenvalue weighted by atomic mass is 35.5. The Balaban J connectivity index is 1.28. The predicted octanol–water partition coefficient (Wildman–Crippen LogP) is 4.69. The maximum atomic E-state index is 15.0. The molecule has 2 heterocycles. The molecule has 1 fully saturated rings. The van der Waals surface area contributed by atoms with Gasteiger partial charge in [-0.2, -0.15) is 0 Å². The fourth-order valence-corrected chi connectivity index (χ4v) is 4.71. The number of nitrogens with zero attached hydrogens (tertiary/aromatic N) is 2. The molecule has 2 aromatic heterocycles. The van der Waals surface area contributed by atoms with E-state index in [9.17, 15) is 18.8 Å². The molecule has 1 aliphatic rings. The van der Waals surface area contributed by atoms with E-state index < -0.39 is 35.4 Å². The van der Waals surface area contributed by atoms with Gasteiger partial charge in [0.25, 0.3) is 5.56 Å². The minimum atomic E-state index is -0.756. The van der Waals surface area contributed by atoms with E-state index >= 15 is 0 Å². The molecule has 3 atom stereocenters. The summed E-state index contributed by atoms with van der Waals surface area (Å²) < 4.78 is 27.3. The maximum Gasteiger partial charge on any atom is 0.255 e. The standard InChI is InChI=1S/C30H26ClFN4O5/c1-40-21-9-5-18(6-10-21)16-41-17-22-27(28(22)30(39)35-25-12-7-19(31)15-33-25)29(38)34-24-11-8-20(14-23(24)32)36-13-3-2-4-26(36)37/h2-15,22,27-28H,16-17H2,1H3,(H,34,38)(H,33,35,39). The third-order valence-electron chi connectivity index (χ3n) is 6.80. The SMILES string of the molecule is COc1ccc(COCC2C(C(=O)Nc3ccc(Cl)cn3)C2C(=O)Nc2ccc(-n3ccccc3=O)cc2F)cc1. The van der Waals surface area contributed by atoms with Crippen molar-refractivity contribution in [3.8, 4) is 11.4 Å². The zero-order valence-electron chi connectivity index (χ0n) is 21.9. The zero-order chi connectivity index (χ0) is 28.9. The van der Waals surface area contributed by atoms with Crippen LogP contribution in [0.2, 0.25) is 5.02 Å². The van der Waals surface area contributed by atoms with Gasteiger partial charge >= 0.3 is 0 Å². The normalized spacial score (nSPS) is 17.5. The number of hydrogen-bond donors (Lipinski definition) is 2. The van der Waals surface area contributed by atoms with E-state index in [2.05, 4.69) is 15.6 Å².